The zero-order valence-electron chi connectivity index (χ0n) is 9.20. The lowest BCUT2D eigenvalue weighted by Crippen LogP contribution is -2.31. The van der Waals surface area contributed by atoms with Gasteiger partial charge in [-0.1, -0.05) is 19.3 Å². The van der Waals surface area contributed by atoms with Crippen LogP contribution in [0.4, 0.5) is 0 Å². The highest BCUT2D eigenvalue weighted by atomic mass is 16.6. The molecule has 1 aliphatic heterocycles. The van der Waals surface area contributed by atoms with Gasteiger partial charge in [0.15, 0.2) is 0 Å². The Morgan fingerprint density at radius 1 is 1.27 bits per heavy atom. The van der Waals surface area contributed by atoms with E-state index in [1.54, 1.807) is 6.92 Å². The summed E-state index contributed by atoms with van der Waals surface area (Å²) in [7, 11) is 0. The van der Waals surface area contributed by atoms with Crippen molar-refractivity contribution in [3.63, 3.8) is 0 Å². The topological polar surface area (TPSA) is 43.4 Å². The molecule has 1 heterocycles. The van der Waals surface area contributed by atoms with Crippen LogP contribution < -0.4 is 0 Å². The maximum Gasteiger partial charge on any atom is 0.306 e. The van der Waals surface area contributed by atoms with Gasteiger partial charge >= 0.3 is 5.97 Å². The van der Waals surface area contributed by atoms with E-state index in [0.29, 0.717) is 12.3 Å². The van der Waals surface area contributed by atoms with Gasteiger partial charge in [0.1, 0.15) is 11.9 Å². The monoisotopic (exact) mass is 210 g/mol. The number of esters is 1. The zero-order valence-corrected chi connectivity index (χ0v) is 9.20. The van der Waals surface area contributed by atoms with Crippen molar-refractivity contribution >= 4 is 11.8 Å². The van der Waals surface area contributed by atoms with Gasteiger partial charge in [-0.25, -0.2) is 0 Å². The molecule has 2 aliphatic rings. The number of rotatable bonds is 2. The number of carbonyl (C=O) groups is 2. The summed E-state index contributed by atoms with van der Waals surface area (Å²) in [5.74, 6) is 0.182. The fourth-order valence-corrected chi connectivity index (χ4v) is 2.84. The number of hydrogen-bond acceptors (Lipinski definition) is 3. The molecule has 0 spiro atoms. The highest BCUT2D eigenvalue weighted by Crippen LogP contribution is 2.36. The Labute approximate surface area is 90.2 Å². The van der Waals surface area contributed by atoms with Crippen LogP contribution >= 0.6 is 0 Å². The van der Waals surface area contributed by atoms with Crippen molar-refractivity contribution in [1.29, 1.82) is 0 Å². The smallest absolute Gasteiger partial charge is 0.306 e. The second-order valence-electron chi connectivity index (χ2n) is 4.77. The van der Waals surface area contributed by atoms with Crippen LogP contribution in [0, 0.1) is 11.8 Å². The summed E-state index contributed by atoms with van der Waals surface area (Å²) in [6.45, 7) is 1.57. The number of ketones is 1. The summed E-state index contributed by atoms with van der Waals surface area (Å²) in [5.41, 5.74) is 0. The van der Waals surface area contributed by atoms with Gasteiger partial charge in [-0.15, -0.1) is 0 Å². The van der Waals surface area contributed by atoms with Crippen LogP contribution in [0.1, 0.15) is 45.4 Å². The first-order valence-electron chi connectivity index (χ1n) is 5.88. The zero-order chi connectivity index (χ0) is 10.8. The molecule has 0 unspecified atom stereocenters. The number of ether oxygens (including phenoxy) is 1. The van der Waals surface area contributed by atoms with Crippen molar-refractivity contribution in [3.8, 4) is 0 Å². The molecule has 0 bridgehead atoms. The molecule has 3 nitrogen and oxygen atoms in total. The molecule has 0 N–H and O–H groups in total. The molecular weight excluding hydrogens is 192 g/mol. The predicted molar refractivity (Wildman–Crippen MR) is 55.2 cm³/mol. The van der Waals surface area contributed by atoms with Crippen LogP contribution in [-0.2, 0) is 14.3 Å². The summed E-state index contributed by atoms with van der Waals surface area (Å²) in [6, 6.07) is 0. The van der Waals surface area contributed by atoms with E-state index in [-0.39, 0.29) is 23.8 Å². The van der Waals surface area contributed by atoms with E-state index < -0.39 is 0 Å². The molecule has 0 radical (unpaired) electrons. The molecule has 0 amide bonds. The summed E-state index contributed by atoms with van der Waals surface area (Å²) in [6.07, 6.45) is 6.12. The fraction of sp³-hybridized carbons (Fsp3) is 0.833. The van der Waals surface area contributed by atoms with Crippen molar-refractivity contribution in [2.75, 3.05) is 0 Å². The van der Waals surface area contributed by atoms with E-state index in [9.17, 15) is 9.59 Å². The van der Waals surface area contributed by atoms with Crippen LogP contribution in [0.5, 0.6) is 0 Å². The quantitative estimate of drug-likeness (QED) is 0.655. The van der Waals surface area contributed by atoms with Gasteiger partial charge in [0, 0.05) is 0 Å². The van der Waals surface area contributed by atoms with Gasteiger partial charge < -0.3 is 4.74 Å². The van der Waals surface area contributed by atoms with E-state index >= 15 is 0 Å². The average molecular weight is 210 g/mol. The highest BCUT2D eigenvalue weighted by molar-refractivity contribution is 5.86. The molecule has 84 valence electrons. The first-order valence-corrected chi connectivity index (χ1v) is 5.88. The average Bonchev–Trinajstić information content (AvgIpc) is 2.62. The van der Waals surface area contributed by atoms with Gasteiger partial charge in [0.25, 0.3) is 0 Å². The minimum Gasteiger partial charge on any atom is -0.461 e. The normalized spacial score (nSPS) is 32.7. The molecule has 2 atom stereocenters. The number of cyclic esters (lactones) is 1. The Kier molecular flexibility index (Phi) is 3.08. The fourth-order valence-electron chi connectivity index (χ4n) is 2.84. The molecule has 1 saturated heterocycles. The van der Waals surface area contributed by atoms with Gasteiger partial charge in [-0.3, -0.25) is 9.59 Å². The number of carbonyl (C=O) groups excluding carboxylic acids is 2. The van der Waals surface area contributed by atoms with Crippen LogP contribution in [-0.4, -0.2) is 17.9 Å². The molecule has 15 heavy (non-hydrogen) atoms. The molecule has 0 aromatic carbocycles. The van der Waals surface area contributed by atoms with Gasteiger partial charge in [-0.2, -0.15) is 0 Å². The molecule has 1 aliphatic carbocycles. The van der Waals surface area contributed by atoms with Crippen LogP contribution in [0.3, 0.4) is 0 Å². The first-order chi connectivity index (χ1) is 7.18. The van der Waals surface area contributed by atoms with Crippen molar-refractivity contribution in [2.24, 2.45) is 11.8 Å². The van der Waals surface area contributed by atoms with E-state index in [1.807, 2.05) is 0 Å². The first kappa shape index (κ1) is 10.7. The maximum absolute atomic E-state index is 11.4. The second-order valence-corrected chi connectivity index (χ2v) is 4.77. The third-order valence-electron chi connectivity index (χ3n) is 3.69. The summed E-state index contributed by atoms with van der Waals surface area (Å²) < 4.78 is 5.31. The van der Waals surface area contributed by atoms with E-state index in [0.717, 1.165) is 12.8 Å². The predicted octanol–water partition coefficient (Wildman–Crippen LogP) is 2.09. The molecule has 0 aromatic heterocycles. The lowest BCUT2D eigenvalue weighted by atomic mass is 9.79. The Morgan fingerprint density at radius 3 is 2.53 bits per heavy atom. The van der Waals surface area contributed by atoms with Gasteiger partial charge in [0.05, 0.1) is 12.3 Å². The Bertz CT molecular complexity index is 266. The third-order valence-corrected chi connectivity index (χ3v) is 3.69. The minimum atomic E-state index is -0.189. The summed E-state index contributed by atoms with van der Waals surface area (Å²) in [5, 5.41) is 0. The Morgan fingerprint density at radius 2 is 1.93 bits per heavy atom. The van der Waals surface area contributed by atoms with Crippen molar-refractivity contribution in [2.45, 2.75) is 51.6 Å². The standard InChI is InChI=1S/C12H18O3/c1-8(13)10-7-11(14)15-12(10)9-5-3-2-4-6-9/h9-10,12H,2-7H2,1H3/t10-,12-/m0/s1. The van der Waals surface area contributed by atoms with Crippen LogP contribution in [0.15, 0.2) is 0 Å². The lowest BCUT2D eigenvalue weighted by molar-refractivity contribution is -0.144. The van der Waals surface area contributed by atoms with E-state index in [1.165, 1.54) is 19.3 Å². The molecule has 0 aromatic rings. The Hall–Kier alpha value is -0.860. The van der Waals surface area contributed by atoms with E-state index in [2.05, 4.69) is 0 Å². The molecule has 3 heteroatoms. The van der Waals surface area contributed by atoms with Crippen molar-refractivity contribution in [1.82, 2.24) is 0 Å². The lowest BCUT2D eigenvalue weighted by Gasteiger charge is -2.28. The SMILES string of the molecule is CC(=O)[C@@H]1CC(=O)O[C@H]1C1CCCCC1. The summed E-state index contributed by atoms with van der Waals surface area (Å²) >= 11 is 0. The molecular formula is C12H18O3. The highest BCUT2D eigenvalue weighted by Gasteiger charge is 2.42. The molecule has 2 rings (SSSR count). The van der Waals surface area contributed by atoms with Crippen molar-refractivity contribution < 1.29 is 14.3 Å². The van der Waals surface area contributed by atoms with E-state index in [4.69, 9.17) is 4.74 Å². The largest absolute Gasteiger partial charge is 0.461 e. The molecule has 2 fully saturated rings. The summed E-state index contributed by atoms with van der Waals surface area (Å²) in [4.78, 5) is 22.6. The van der Waals surface area contributed by atoms with Crippen LogP contribution in [0.25, 0.3) is 0 Å². The van der Waals surface area contributed by atoms with Crippen molar-refractivity contribution in [3.05, 3.63) is 0 Å². The second kappa shape index (κ2) is 4.33. The van der Waals surface area contributed by atoms with Gasteiger partial charge in [-0.05, 0) is 25.7 Å². The van der Waals surface area contributed by atoms with Crippen LogP contribution in [0.2, 0.25) is 0 Å². The molecule has 1 saturated carbocycles. The number of Topliss-reactive ketones (excluding diaryl/α,β-unsaturated/α-hetero) is 1. The maximum atomic E-state index is 11.4. The number of hydrogen-bond donors (Lipinski definition) is 0. The van der Waals surface area contributed by atoms with Gasteiger partial charge in [0.2, 0.25) is 0 Å². The minimum absolute atomic E-state index is 0.108. The Balaban J connectivity index is 2.05. The third kappa shape index (κ3) is 2.21.